The lowest BCUT2D eigenvalue weighted by Gasteiger charge is -2.38. The number of imidazole rings is 1. The second-order valence-electron chi connectivity index (χ2n) is 6.34. The lowest BCUT2D eigenvalue weighted by molar-refractivity contribution is -0.135. The number of nitrogens with two attached hydrogens (primary N) is 1. The van der Waals surface area contributed by atoms with Crippen LogP contribution in [0.4, 0.5) is 0 Å². The Labute approximate surface area is 131 Å². The maximum Gasteiger partial charge on any atom is 0.242 e. The van der Waals surface area contributed by atoms with Crippen LogP contribution < -0.4 is 5.73 Å². The third-order valence-electron chi connectivity index (χ3n) is 4.71. The Kier molecular flexibility index (Phi) is 4.16. The number of aryl methyl sites for hydroxylation is 1. The molecule has 5 heteroatoms. The van der Waals surface area contributed by atoms with Gasteiger partial charge in [-0.25, -0.2) is 4.98 Å². The minimum atomic E-state index is 0.147. The van der Waals surface area contributed by atoms with Crippen LogP contribution in [0.1, 0.15) is 25.6 Å². The summed E-state index contributed by atoms with van der Waals surface area (Å²) in [5, 5.41) is 0. The Morgan fingerprint density at radius 3 is 2.95 bits per heavy atom. The molecule has 1 aliphatic rings. The Morgan fingerprint density at radius 2 is 2.18 bits per heavy atom. The van der Waals surface area contributed by atoms with E-state index in [1.165, 1.54) is 0 Å². The van der Waals surface area contributed by atoms with E-state index >= 15 is 0 Å². The van der Waals surface area contributed by atoms with E-state index in [0.29, 0.717) is 19.0 Å². The molecule has 0 radical (unpaired) electrons. The first-order valence-electron chi connectivity index (χ1n) is 8.01. The Balaban J connectivity index is 1.82. The summed E-state index contributed by atoms with van der Waals surface area (Å²) in [4.78, 5) is 19.3. The van der Waals surface area contributed by atoms with E-state index in [1.54, 1.807) is 0 Å². The monoisotopic (exact) mass is 300 g/mol. The number of para-hydroxylation sites is 2. The molecule has 1 saturated heterocycles. The van der Waals surface area contributed by atoms with Gasteiger partial charge in [0.25, 0.3) is 0 Å². The van der Waals surface area contributed by atoms with E-state index in [9.17, 15) is 4.79 Å². The van der Waals surface area contributed by atoms with E-state index in [2.05, 4.69) is 11.9 Å². The van der Waals surface area contributed by atoms with Crippen LogP contribution in [-0.4, -0.2) is 39.5 Å². The highest BCUT2D eigenvalue weighted by atomic mass is 16.2. The predicted molar refractivity (Wildman–Crippen MR) is 87.4 cm³/mol. The Bertz CT molecular complexity index is 678. The van der Waals surface area contributed by atoms with Crippen molar-refractivity contribution >= 4 is 16.9 Å². The molecule has 1 aliphatic heterocycles. The van der Waals surface area contributed by atoms with E-state index in [-0.39, 0.29) is 11.9 Å². The fourth-order valence-corrected chi connectivity index (χ4v) is 3.43. The summed E-state index contributed by atoms with van der Waals surface area (Å²) in [5.41, 5.74) is 7.83. The number of carbonyl (C=O) groups is 1. The van der Waals surface area contributed by atoms with Crippen LogP contribution in [0.5, 0.6) is 0 Å². The average molecular weight is 300 g/mol. The zero-order valence-electron chi connectivity index (χ0n) is 13.3. The van der Waals surface area contributed by atoms with Crippen LogP contribution in [-0.2, 0) is 11.3 Å². The highest BCUT2D eigenvalue weighted by Gasteiger charge is 2.29. The van der Waals surface area contributed by atoms with Gasteiger partial charge in [0.1, 0.15) is 12.4 Å². The van der Waals surface area contributed by atoms with Gasteiger partial charge < -0.3 is 15.2 Å². The minimum absolute atomic E-state index is 0.147. The van der Waals surface area contributed by atoms with Crippen LogP contribution in [0, 0.1) is 12.8 Å². The van der Waals surface area contributed by atoms with E-state index < -0.39 is 0 Å². The summed E-state index contributed by atoms with van der Waals surface area (Å²) in [5.74, 6) is 1.67. The molecule has 1 amide bonds. The molecule has 1 aromatic heterocycles. The molecular formula is C17H24N4O. The Hall–Kier alpha value is -1.88. The molecule has 118 valence electrons. The third-order valence-corrected chi connectivity index (χ3v) is 4.71. The fraction of sp³-hybridized carbons (Fsp3) is 0.529. The minimum Gasteiger partial charge on any atom is -0.337 e. The quantitative estimate of drug-likeness (QED) is 0.942. The predicted octanol–water partition coefficient (Wildman–Crippen LogP) is 1.93. The molecule has 2 N–H and O–H groups in total. The van der Waals surface area contributed by atoms with Gasteiger partial charge >= 0.3 is 0 Å². The van der Waals surface area contributed by atoms with Crippen LogP contribution in [0.3, 0.4) is 0 Å². The number of carbonyl (C=O) groups excluding carboxylic acids is 1. The molecule has 2 atom stereocenters. The van der Waals surface area contributed by atoms with Crippen LogP contribution in [0.25, 0.3) is 11.0 Å². The third kappa shape index (κ3) is 2.73. The summed E-state index contributed by atoms with van der Waals surface area (Å²) in [6, 6.07) is 8.12. The molecule has 1 fully saturated rings. The number of benzene rings is 1. The number of aromatic nitrogens is 2. The zero-order valence-corrected chi connectivity index (χ0v) is 13.3. The topological polar surface area (TPSA) is 64.2 Å². The van der Waals surface area contributed by atoms with Crippen molar-refractivity contribution in [1.29, 1.82) is 0 Å². The molecule has 2 aromatic rings. The maximum atomic E-state index is 12.8. The highest BCUT2D eigenvalue weighted by molar-refractivity contribution is 5.81. The maximum absolute atomic E-state index is 12.8. The first-order chi connectivity index (χ1) is 10.6. The highest BCUT2D eigenvalue weighted by Crippen LogP contribution is 2.23. The number of piperidine rings is 1. The van der Waals surface area contributed by atoms with Gasteiger partial charge in [0.15, 0.2) is 0 Å². The van der Waals surface area contributed by atoms with E-state index in [4.69, 9.17) is 5.73 Å². The normalized spacial score (nSPS) is 22.2. The number of amides is 1. The van der Waals surface area contributed by atoms with Gasteiger partial charge in [0, 0.05) is 19.1 Å². The van der Waals surface area contributed by atoms with Crippen LogP contribution >= 0.6 is 0 Å². The van der Waals surface area contributed by atoms with Crippen molar-refractivity contribution in [3.8, 4) is 0 Å². The second kappa shape index (κ2) is 6.08. The molecule has 1 aromatic carbocycles. The molecule has 0 saturated carbocycles. The van der Waals surface area contributed by atoms with Gasteiger partial charge in [0.2, 0.25) is 5.91 Å². The summed E-state index contributed by atoms with van der Waals surface area (Å²) < 4.78 is 2.00. The molecule has 22 heavy (non-hydrogen) atoms. The average Bonchev–Trinajstić information content (AvgIpc) is 2.83. The number of nitrogens with zero attached hydrogens (tertiary/aromatic N) is 3. The molecule has 2 heterocycles. The van der Waals surface area contributed by atoms with Crippen molar-refractivity contribution in [2.45, 2.75) is 39.3 Å². The second-order valence-corrected chi connectivity index (χ2v) is 6.34. The van der Waals surface area contributed by atoms with E-state index in [1.807, 2.05) is 40.7 Å². The molecule has 3 rings (SSSR count). The van der Waals surface area contributed by atoms with Gasteiger partial charge in [-0.05, 0) is 37.8 Å². The van der Waals surface area contributed by atoms with Gasteiger partial charge in [-0.2, -0.15) is 0 Å². The van der Waals surface area contributed by atoms with Crippen molar-refractivity contribution in [2.24, 2.45) is 11.7 Å². The van der Waals surface area contributed by atoms with Crippen molar-refractivity contribution < 1.29 is 4.79 Å². The molecule has 0 spiro atoms. The number of hydrogen-bond donors (Lipinski definition) is 1. The molecule has 0 aliphatic carbocycles. The number of fused-ring (bicyclic) bond motifs is 1. The summed E-state index contributed by atoms with van der Waals surface area (Å²) >= 11 is 0. The number of hydrogen-bond acceptors (Lipinski definition) is 3. The van der Waals surface area contributed by atoms with Crippen LogP contribution in [0.15, 0.2) is 24.3 Å². The largest absolute Gasteiger partial charge is 0.337 e. The van der Waals surface area contributed by atoms with Crippen LogP contribution in [0.2, 0.25) is 0 Å². The molecule has 2 unspecified atom stereocenters. The smallest absolute Gasteiger partial charge is 0.242 e. The zero-order chi connectivity index (χ0) is 15.7. The molecule has 5 nitrogen and oxygen atoms in total. The van der Waals surface area contributed by atoms with Crippen molar-refractivity contribution in [3.05, 3.63) is 30.1 Å². The SMILES string of the molecule is Cc1nc2ccccc2n1CC(=O)N1CCC(C)CC1CN. The number of rotatable bonds is 3. The van der Waals surface area contributed by atoms with Gasteiger partial charge in [-0.3, -0.25) is 4.79 Å². The lowest BCUT2D eigenvalue weighted by Crippen LogP contribution is -2.50. The molecule has 0 bridgehead atoms. The molecular weight excluding hydrogens is 276 g/mol. The summed E-state index contributed by atoms with van der Waals surface area (Å²) in [7, 11) is 0. The van der Waals surface area contributed by atoms with E-state index in [0.717, 1.165) is 36.2 Å². The fourth-order valence-electron chi connectivity index (χ4n) is 3.43. The standard InChI is InChI=1S/C17H24N4O/c1-12-7-8-20(14(9-12)10-18)17(22)11-21-13(2)19-15-5-3-4-6-16(15)21/h3-6,12,14H,7-11,18H2,1-2H3. The van der Waals surface area contributed by atoms with Gasteiger partial charge in [-0.1, -0.05) is 19.1 Å². The summed E-state index contributed by atoms with van der Waals surface area (Å²) in [6.07, 6.45) is 2.07. The van der Waals surface area contributed by atoms with Crippen molar-refractivity contribution in [2.75, 3.05) is 13.1 Å². The van der Waals surface area contributed by atoms with Gasteiger partial charge in [0.05, 0.1) is 11.0 Å². The van der Waals surface area contributed by atoms with Gasteiger partial charge in [-0.15, -0.1) is 0 Å². The van der Waals surface area contributed by atoms with Crippen molar-refractivity contribution in [3.63, 3.8) is 0 Å². The Morgan fingerprint density at radius 1 is 1.41 bits per heavy atom. The number of likely N-dealkylation sites (tertiary alicyclic amines) is 1. The lowest BCUT2D eigenvalue weighted by atomic mass is 9.92. The first kappa shape index (κ1) is 15.0. The summed E-state index contributed by atoms with van der Waals surface area (Å²) in [6.45, 7) is 5.88. The first-order valence-corrected chi connectivity index (χ1v) is 8.01. The van der Waals surface area contributed by atoms with Crippen molar-refractivity contribution in [1.82, 2.24) is 14.5 Å².